The van der Waals surface area contributed by atoms with Crippen molar-refractivity contribution < 1.29 is 9.47 Å². The predicted octanol–water partition coefficient (Wildman–Crippen LogP) is 4.05. The highest BCUT2D eigenvalue weighted by molar-refractivity contribution is 6.18. The molecule has 1 aliphatic rings. The molecule has 1 heterocycles. The summed E-state index contributed by atoms with van der Waals surface area (Å²) < 4.78 is 11.3. The molecule has 0 amide bonds. The van der Waals surface area contributed by atoms with Gasteiger partial charge in [0, 0.05) is 5.88 Å². The van der Waals surface area contributed by atoms with Crippen molar-refractivity contribution in [3.63, 3.8) is 0 Å². The zero-order chi connectivity index (χ0) is 13.7. The average molecular weight is 283 g/mol. The fourth-order valence-corrected chi connectivity index (χ4v) is 3.05. The van der Waals surface area contributed by atoms with Gasteiger partial charge < -0.3 is 9.47 Å². The number of hydrogen-bond donors (Lipinski definition) is 0. The van der Waals surface area contributed by atoms with Gasteiger partial charge in [0.25, 0.3) is 0 Å². The van der Waals surface area contributed by atoms with Gasteiger partial charge in [-0.05, 0) is 50.2 Å². The van der Waals surface area contributed by atoms with E-state index in [0.29, 0.717) is 24.0 Å². The van der Waals surface area contributed by atoms with E-state index in [4.69, 9.17) is 21.1 Å². The largest absolute Gasteiger partial charge is 0.496 e. The third-order valence-electron chi connectivity index (χ3n) is 3.84. The van der Waals surface area contributed by atoms with E-state index in [1.165, 1.54) is 18.4 Å². The first kappa shape index (κ1) is 14.7. The molecule has 1 aliphatic heterocycles. The monoisotopic (exact) mass is 282 g/mol. The number of methoxy groups -OCH3 is 1. The van der Waals surface area contributed by atoms with Crippen molar-refractivity contribution in [3.8, 4) is 5.75 Å². The number of benzene rings is 1. The summed E-state index contributed by atoms with van der Waals surface area (Å²) in [4.78, 5) is 0. The Bertz CT molecular complexity index is 394. The predicted molar refractivity (Wildman–Crippen MR) is 79.1 cm³/mol. The SMILES string of the molecule is COc1ccccc1CC(CCl)CC1CCC(C)O1. The smallest absolute Gasteiger partial charge is 0.122 e. The van der Waals surface area contributed by atoms with Crippen LogP contribution in [0.4, 0.5) is 0 Å². The summed E-state index contributed by atoms with van der Waals surface area (Å²) in [5.74, 6) is 2.08. The summed E-state index contributed by atoms with van der Waals surface area (Å²) in [5, 5.41) is 0. The van der Waals surface area contributed by atoms with Crippen molar-refractivity contribution in [1.29, 1.82) is 0 Å². The van der Waals surface area contributed by atoms with Gasteiger partial charge in [-0.2, -0.15) is 0 Å². The minimum Gasteiger partial charge on any atom is -0.496 e. The molecule has 106 valence electrons. The van der Waals surface area contributed by atoms with Crippen molar-refractivity contribution in [2.24, 2.45) is 5.92 Å². The van der Waals surface area contributed by atoms with Gasteiger partial charge in [-0.3, -0.25) is 0 Å². The molecule has 3 unspecified atom stereocenters. The Hall–Kier alpha value is -0.730. The molecular formula is C16H23ClO2. The Labute approximate surface area is 121 Å². The van der Waals surface area contributed by atoms with E-state index in [-0.39, 0.29) is 0 Å². The third-order valence-corrected chi connectivity index (χ3v) is 4.27. The number of alkyl halides is 1. The summed E-state index contributed by atoms with van der Waals surface area (Å²) in [7, 11) is 1.72. The fourth-order valence-electron chi connectivity index (χ4n) is 2.81. The maximum Gasteiger partial charge on any atom is 0.122 e. The molecular weight excluding hydrogens is 260 g/mol. The highest BCUT2D eigenvalue weighted by Crippen LogP contribution is 2.28. The van der Waals surface area contributed by atoms with Gasteiger partial charge in [0.05, 0.1) is 19.3 Å². The summed E-state index contributed by atoms with van der Waals surface area (Å²) in [6, 6.07) is 8.18. The Kier molecular flexibility index (Phi) is 5.53. The molecule has 0 spiro atoms. The molecule has 0 bridgehead atoms. The summed E-state index contributed by atoms with van der Waals surface area (Å²) >= 11 is 6.13. The Morgan fingerprint density at radius 1 is 1.37 bits per heavy atom. The molecule has 0 aromatic heterocycles. The molecule has 0 aliphatic carbocycles. The van der Waals surface area contributed by atoms with Crippen LogP contribution in [-0.4, -0.2) is 25.2 Å². The van der Waals surface area contributed by atoms with Crippen molar-refractivity contribution >= 4 is 11.6 Å². The molecule has 1 aromatic carbocycles. The lowest BCUT2D eigenvalue weighted by atomic mass is 9.94. The van der Waals surface area contributed by atoms with Crippen LogP contribution in [0.3, 0.4) is 0 Å². The topological polar surface area (TPSA) is 18.5 Å². The highest BCUT2D eigenvalue weighted by atomic mass is 35.5. The van der Waals surface area contributed by atoms with E-state index in [2.05, 4.69) is 19.1 Å². The van der Waals surface area contributed by atoms with Gasteiger partial charge >= 0.3 is 0 Å². The van der Waals surface area contributed by atoms with E-state index in [1.807, 2.05) is 12.1 Å². The van der Waals surface area contributed by atoms with Crippen LogP contribution in [0.25, 0.3) is 0 Å². The lowest BCUT2D eigenvalue weighted by Crippen LogP contribution is -2.17. The second-order valence-corrected chi connectivity index (χ2v) is 5.73. The van der Waals surface area contributed by atoms with Gasteiger partial charge in [-0.1, -0.05) is 18.2 Å². The number of halogens is 1. The van der Waals surface area contributed by atoms with Gasteiger partial charge in [0.2, 0.25) is 0 Å². The van der Waals surface area contributed by atoms with E-state index in [0.717, 1.165) is 18.6 Å². The van der Waals surface area contributed by atoms with Crippen molar-refractivity contribution in [1.82, 2.24) is 0 Å². The zero-order valence-electron chi connectivity index (χ0n) is 11.8. The molecule has 1 aromatic rings. The first-order valence-electron chi connectivity index (χ1n) is 7.06. The van der Waals surface area contributed by atoms with Crippen molar-refractivity contribution in [3.05, 3.63) is 29.8 Å². The second-order valence-electron chi connectivity index (χ2n) is 5.42. The zero-order valence-corrected chi connectivity index (χ0v) is 12.5. The van der Waals surface area contributed by atoms with E-state index >= 15 is 0 Å². The van der Waals surface area contributed by atoms with Crippen LogP contribution < -0.4 is 4.74 Å². The van der Waals surface area contributed by atoms with Gasteiger partial charge in [-0.25, -0.2) is 0 Å². The molecule has 3 atom stereocenters. The van der Waals surface area contributed by atoms with Crippen LogP contribution in [0.15, 0.2) is 24.3 Å². The second kappa shape index (κ2) is 7.16. The van der Waals surface area contributed by atoms with Crippen molar-refractivity contribution in [2.75, 3.05) is 13.0 Å². The van der Waals surface area contributed by atoms with Crippen LogP contribution in [0.2, 0.25) is 0 Å². The van der Waals surface area contributed by atoms with Crippen LogP contribution in [0.5, 0.6) is 5.75 Å². The lowest BCUT2D eigenvalue weighted by molar-refractivity contribution is 0.0426. The molecule has 19 heavy (non-hydrogen) atoms. The van der Waals surface area contributed by atoms with Crippen LogP contribution in [-0.2, 0) is 11.2 Å². The summed E-state index contributed by atoms with van der Waals surface area (Å²) in [5.41, 5.74) is 1.24. The molecule has 1 saturated heterocycles. The number of hydrogen-bond acceptors (Lipinski definition) is 2. The molecule has 0 N–H and O–H groups in total. The van der Waals surface area contributed by atoms with Gasteiger partial charge in [0.15, 0.2) is 0 Å². The fraction of sp³-hybridized carbons (Fsp3) is 0.625. The lowest BCUT2D eigenvalue weighted by Gasteiger charge is -2.19. The van der Waals surface area contributed by atoms with Crippen LogP contribution >= 0.6 is 11.6 Å². The minimum atomic E-state index is 0.383. The molecule has 2 rings (SSSR count). The molecule has 0 radical (unpaired) electrons. The number of rotatable bonds is 6. The van der Waals surface area contributed by atoms with E-state index in [9.17, 15) is 0 Å². The van der Waals surface area contributed by atoms with E-state index < -0.39 is 0 Å². The summed E-state index contributed by atoms with van der Waals surface area (Å²) in [6.07, 6.45) is 5.14. The Morgan fingerprint density at radius 2 is 2.16 bits per heavy atom. The normalized spacial score (nSPS) is 24.4. The first-order valence-corrected chi connectivity index (χ1v) is 7.59. The molecule has 0 saturated carbocycles. The van der Waals surface area contributed by atoms with Crippen molar-refractivity contribution in [2.45, 2.75) is 44.8 Å². The first-order chi connectivity index (χ1) is 9.22. The third kappa shape index (κ3) is 4.12. The number of ether oxygens (including phenoxy) is 2. The Balaban J connectivity index is 1.94. The minimum absolute atomic E-state index is 0.383. The molecule has 3 heteroatoms. The van der Waals surface area contributed by atoms with Crippen LogP contribution in [0.1, 0.15) is 31.7 Å². The number of para-hydroxylation sites is 1. The maximum atomic E-state index is 6.13. The van der Waals surface area contributed by atoms with Gasteiger partial charge in [-0.15, -0.1) is 11.6 Å². The standard InChI is InChI=1S/C16H23ClO2/c1-12-7-8-15(19-12)10-13(11-17)9-14-5-3-4-6-16(14)18-2/h3-6,12-13,15H,7-11H2,1-2H3. The van der Waals surface area contributed by atoms with Crippen LogP contribution in [0, 0.1) is 5.92 Å². The molecule has 2 nitrogen and oxygen atoms in total. The molecule has 1 fully saturated rings. The highest BCUT2D eigenvalue weighted by Gasteiger charge is 2.25. The quantitative estimate of drug-likeness (QED) is 0.733. The van der Waals surface area contributed by atoms with Gasteiger partial charge in [0.1, 0.15) is 5.75 Å². The Morgan fingerprint density at radius 3 is 2.79 bits per heavy atom. The summed E-state index contributed by atoms with van der Waals surface area (Å²) in [6.45, 7) is 2.15. The van der Waals surface area contributed by atoms with E-state index in [1.54, 1.807) is 7.11 Å². The average Bonchev–Trinajstić information content (AvgIpc) is 2.84. The maximum absolute atomic E-state index is 6.13.